The Labute approximate surface area is 178 Å². The molecule has 0 bridgehead atoms. The highest BCUT2D eigenvalue weighted by atomic mass is 32.1. The van der Waals surface area contributed by atoms with Crippen LogP contribution in [0, 0.1) is 6.92 Å². The first-order chi connectivity index (χ1) is 14.4. The van der Waals surface area contributed by atoms with E-state index in [0.29, 0.717) is 12.0 Å². The van der Waals surface area contributed by atoms with Crippen LogP contribution >= 0.6 is 11.3 Å². The summed E-state index contributed by atoms with van der Waals surface area (Å²) in [5.41, 5.74) is 3.45. The van der Waals surface area contributed by atoms with Gasteiger partial charge in [0.1, 0.15) is 24.4 Å². The predicted molar refractivity (Wildman–Crippen MR) is 112 cm³/mol. The first-order valence-corrected chi connectivity index (χ1v) is 10.5. The van der Waals surface area contributed by atoms with E-state index in [1.54, 1.807) is 17.4 Å². The standard InChI is InChI=1S/C22H25NO6S/c1-12-7-8-14(22(28-2)21(27)20(26)19(25)16(11-24)29-22)9-13(12)10-18-23-15-5-3-4-6-17(15)30-18/h3-9,16,19-21,24-27H,10-11H2,1-2H3/t16?,19-,20?,21-,22-/m1/s1. The van der Waals surface area contributed by atoms with Gasteiger partial charge in [0, 0.05) is 19.1 Å². The molecule has 0 saturated carbocycles. The molecular formula is C22H25NO6S. The van der Waals surface area contributed by atoms with E-state index < -0.39 is 36.8 Å². The number of hydrogen-bond acceptors (Lipinski definition) is 8. The Morgan fingerprint density at radius 3 is 2.60 bits per heavy atom. The Kier molecular flexibility index (Phi) is 5.91. The van der Waals surface area contributed by atoms with Crippen molar-refractivity contribution in [2.45, 2.75) is 43.5 Å². The number of ether oxygens (including phenoxy) is 2. The van der Waals surface area contributed by atoms with Gasteiger partial charge in [-0.1, -0.05) is 24.3 Å². The summed E-state index contributed by atoms with van der Waals surface area (Å²) in [6.07, 6.45) is -5.02. The minimum atomic E-state index is -1.72. The SMILES string of the molecule is CO[C@]1(c2ccc(C)c(Cc3nc4ccccc4s3)c2)OC(CO)[C@@H](O)C(O)[C@H]1O. The minimum absolute atomic E-state index is 0.489. The molecule has 2 aromatic carbocycles. The lowest BCUT2D eigenvalue weighted by atomic mass is 9.86. The molecule has 4 rings (SSSR count). The van der Waals surface area contributed by atoms with Crippen LogP contribution in [0.3, 0.4) is 0 Å². The van der Waals surface area contributed by atoms with E-state index >= 15 is 0 Å². The number of nitrogens with zero attached hydrogens (tertiary/aromatic N) is 1. The Hall–Kier alpha value is -1.91. The second-order valence-corrected chi connectivity index (χ2v) is 8.65. The smallest absolute Gasteiger partial charge is 0.224 e. The van der Waals surface area contributed by atoms with Gasteiger partial charge in [0.05, 0.1) is 21.8 Å². The number of aliphatic hydroxyl groups is 4. The van der Waals surface area contributed by atoms with E-state index in [2.05, 4.69) is 0 Å². The number of methoxy groups -OCH3 is 1. The van der Waals surface area contributed by atoms with E-state index in [9.17, 15) is 20.4 Å². The van der Waals surface area contributed by atoms with Gasteiger partial charge >= 0.3 is 0 Å². The molecule has 0 amide bonds. The maximum Gasteiger partial charge on any atom is 0.224 e. The fourth-order valence-corrected chi connectivity index (χ4v) is 4.89. The van der Waals surface area contributed by atoms with Gasteiger partial charge in [0.15, 0.2) is 0 Å². The summed E-state index contributed by atoms with van der Waals surface area (Å²) >= 11 is 1.62. The molecule has 1 saturated heterocycles. The third kappa shape index (κ3) is 3.54. The number of hydrogen-bond donors (Lipinski definition) is 4. The zero-order chi connectivity index (χ0) is 21.5. The number of aliphatic hydroxyl groups excluding tert-OH is 4. The first-order valence-electron chi connectivity index (χ1n) is 9.72. The summed E-state index contributed by atoms with van der Waals surface area (Å²) in [7, 11) is 1.36. The molecular weight excluding hydrogens is 406 g/mol. The lowest BCUT2D eigenvalue weighted by Gasteiger charge is -2.47. The monoisotopic (exact) mass is 431 g/mol. The Morgan fingerprint density at radius 2 is 1.90 bits per heavy atom. The van der Waals surface area contributed by atoms with Crippen LogP contribution in [-0.2, 0) is 21.7 Å². The first kappa shape index (κ1) is 21.3. The van der Waals surface area contributed by atoms with Crippen molar-refractivity contribution >= 4 is 21.6 Å². The van der Waals surface area contributed by atoms with Crippen molar-refractivity contribution < 1.29 is 29.9 Å². The summed E-state index contributed by atoms with van der Waals surface area (Å²) in [6.45, 7) is 1.46. The molecule has 0 radical (unpaired) electrons. The van der Waals surface area contributed by atoms with Crippen molar-refractivity contribution in [3.05, 3.63) is 64.2 Å². The number of aromatic nitrogens is 1. The molecule has 7 nitrogen and oxygen atoms in total. The van der Waals surface area contributed by atoms with E-state index in [-0.39, 0.29) is 0 Å². The molecule has 30 heavy (non-hydrogen) atoms. The van der Waals surface area contributed by atoms with Crippen molar-refractivity contribution in [3.63, 3.8) is 0 Å². The van der Waals surface area contributed by atoms with Crippen LogP contribution in [0.2, 0.25) is 0 Å². The molecule has 0 aliphatic carbocycles. The third-order valence-electron chi connectivity index (χ3n) is 5.68. The van der Waals surface area contributed by atoms with Crippen LogP contribution in [-0.4, -0.2) is 63.5 Å². The van der Waals surface area contributed by atoms with Crippen molar-refractivity contribution in [3.8, 4) is 0 Å². The van der Waals surface area contributed by atoms with Crippen molar-refractivity contribution in [2.75, 3.05) is 13.7 Å². The molecule has 1 aliphatic heterocycles. The molecule has 1 aromatic heterocycles. The van der Waals surface area contributed by atoms with Crippen molar-refractivity contribution in [1.29, 1.82) is 0 Å². The molecule has 2 heterocycles. The number of para-hydroxylation sites is 1. The minimum Gasteiger partial charge on any atom is -0.394 e. The fourth-order valence-electron chi connectivity index (χ4n) is 3.90. The molecule has 0 spiro atoms. The van der Waals surface area contributed by atoms with Crippen LogP contribution < -0.4 is 0 Å². The Bertz CT molecular complexity index is 1000. The number of rotatable bonds is 5. The lowest BCUT2D eigenvalue weighted by Crippen LogP contribution is -2.64. The largest absolute Gasteiger partial charge is 0.394 e. The maximum absolute atomic E-state index is 10.7. The van der Waals surface area contributed by atoms with Crippen LogP contribution in [0.1, 0.15) is 21.7 Å². The van der Waals surface area contributed by atoms with Gasteiger partial charge in [0.25, 0.3) is 0 Å². The average Bonchev–Trinajstić information content (AvgIpc) is 3.17. The molecule has 3 aromatic rings. The van der Waals surface area contributed by atoms with Crippen LogP contribution in [0.15, 0.2) is 42.5 Å². The van der Waals surface area contributed by atoms with E-state index in [1.807, 2.05) is 43.3 Å². The number of thiazole rings is 1. The normalized spacial score (nSPS) is 29.4. The summed E-state index contributed by atoms with van der Waals surface area (Å²) < 4.78 is 12.5. The second kappa shape index (κ2) is 8.32. The average molecular weight is 432 g/mol. The third-order valence-corrected chi connectivity index (χ3v) is 6.72. The molecule has 1 fully saturated rings. The molecule has 5 atom stereocenters. The van der Waals surface area contributed by atoms with Gasteiger partial charge in [-0.3, -0.25) is 0 Å². The van der Waals surface area contributed by atoms with Gasteiger partial charge in [-0.2, -0.15) is 0 Å². The van der Waals surface area contributed by atoms with E-state index in [0.717, 1.165) is 26.4 Å². The van der Waals surface area contributed by atoms with Gasteiger partial charge in [-0.05, 0) is 36.2 Å². The zero-order valence-corrected chi connectivity index (χ0v) is 17.5. The topological polar surface area (TPSA) is 112 Å². The summed E-state index contributed by atoms with van der Waals surface area (Å²) in [5.74, 6) is -1.72. The quantitative estimate of drug-likeness (QED) is 0.484. The van der Waals surface area contributed by atoms with Gasteiger partial charge in [-0.25, -0.2) is 4.98 Å². The highest BCUT2D eigenvalue weighted by Crippen LogP contribution is 2.40. The van der Waals surface area contributed by atoms with E-state index in [4.69, 9.17) is 14.5 Å². The second-order valence-electron chi connectivity index (χ2n) is 7.53. The number of aryl methyl sites for hydroxylation is 1. The highest BCUT2D eigenvalue weighted by molar-refractivity contribution is 7.18. The molecule has 4 N–H and O–H groups in total. The molecule has 2 unspecified atom stereocenters. The van der Waals surface area contributed by atoms with Crippen molar-refractivity contribution in [2.24, 2.45) is 0 Å². The Morgan fingerprint density at radius 1 is 1.13 bits per heavy atom. The van der Waals surface area contributed by atoms with Crippen LogP contribution in [0.25, 0.3) is 10.2 Å². The number of benzene rings is 2. The Balaban J connectivity index is 1.72. The van der Waals surface area contributed by atoms with Crippen LogP contribution in [0.5, 0.6) is 0 Å². The van der Waals surface area contributed by atoms with Crippen molar-refractivity contribution in [1.82, 2.24) is 4.98 Å². The molecule has 1 aliphatic rings. The zero-order valence-electron chi connectivity index (χ0n) is 16.7. The summed E-state index contributed by atoms with van der Waals surface area (Å²) in [6, 6.07) is 13.5. The van der Waals surface area contributed by atoms with E-state index in [1.165, 1.54) is 7.11 Å². The van der Waals surface area contributed by atoms with Gasteiger partial charge in [-0.15, -0.1) is 11.3 Å². The van der Waals surface area contributed by atoms with Gasteiger partial charge < -0.3 is 29.9 Å². The summed E-state index contributed by atoms with van der Waals surface area (Å²) in [4.78, 5) is 4.69. The predicted octanol–water partition coefficient (Wildman–Crippen LogP) is 1.47. The van der Waals surface area contributed by atoms with Crippen LogP contribution in [0.4, 0.5) is 0 Å². The summed E-state index contributed by atoms with van der Waals surface area (Å²) in [5, 5.41) is 41.7. The fraction of sp³-hybridized carbons (Fsp3) is 0.409. The molecule has 8 heteroatoms. The maximum atomic E-state index is 10.7. The molecule has 160 valence electrons. The lowest BCUT2D eigenvalue weighted by molar-refractivity contribution is -0.366. The van der Waals surface area contributed by atoms with Gasteiger partial charge in [0.2, 0.25) is 5.79 Å². The highest BCUT2D eigenvalue weighted by Gasteiger charge is 2.55. The number of fused-ring (bicyclic) bond motifs is 1.